The van der Waals surface area contributed by atoms with Gasteiger partial charge >= 0.3 is 0 Å². The maximum absolute atomic E-state index is 12.9. The van der Waals surface area contributed by atoms with Crippen molar-refractivity contribution in [3.05, 3.63) is 65.8 Å². The number of para-hydroxylation sites is 1. The molecule has 2 aromatic carbocycles. The second-order valence-electron chi connectivity index (χ2n) is 7.46. The van der Waals surface area contributed by atoms with Crippen molar-refractivity contribution in [2.24, 2.45) is 0 Å². The van der Waals surface area contributed by atoms with Gasteiger partial charge in [0.25, 0.3) is 5.91 Å². The molecule has 168 valence electrons. The lowest BCUT2D eigenvalue weighted by molar-refractivity contribution is 0.102. The summed E-state index contributed by atoms with van der Waals surface area (Å²) in [5.74, 6) is 0.726. The number of nitrogens with zero attached hydrogens (tertiary/aromatic N) is 3. The number of aromatic nitrogens is 2. The summed E-state index contributed by atoms with van der Waals surface area (Å²) in [5, 5.41) is 6.54. The first-order valence-electron chi connectivity index (χ1n) is 10.4. The van der Waals surface area contributed by atoms with Crippen LogP contribution in [0.25, 0.3) is 0 Å². The number of carbonyl (C=O) groups is 1. The van der Waals surface area contributed by atoms with Gasteiger partial charge in [0.15, 0.2) is 6.61 Å². The number of ether oxygens (including phenoxy) is 1. The van der Waals surface area contributed by atoms with Crippen LogP contribution in [0, 0.1) is 6.92 Å². The Morgan fingerprint density at radius 1 is 1.12 bits per heavy atom. The van der Waals surface area contributed by atoms with E-state index >= 15 is 0 Å². The quantitative estimate of drug-likeness (QED) is 0.579. The average molecular weight is 457 g/mol. The first-order chi connectivity index (χ1) is 15.4. The molecule has 1 amide bonds. The summed E-state index contributed by atoms with van der Waals surface area (Å²) in [4.78, 5) is 17.1. The molecule has 0 spiro atoms. The SMILES string of the molecule is Cc1nc(COc2ccccc2C(=O)Nc2cccc(S(=O)(=O)N3CCCCC3)c2)no1. The van der Waals surface area contributed by atoms with Gasteiger partial charge in [0.2, 0.25) is 21.7 Å². The van der Waals surface area contributed by atoms with Gasteiger partial charge in [-0.05, 0) is 43.2 Å². The van der Waals surface area contributed by atoms with Crippen molar-refractivity contribution in [1.29, 1.82) is 0 Å². The summed E-state index contributed by atoms with van der Waals surface area (Å²) < 4.78 is 38.0. The standard InChI is InChI=1S/C22H24N4O5S/c1-16-23-21(25-31-16)15-30-20-11-4-3-10-19(20)22(27)24-17-8-7-9-18(14-17)32(28,29)26-12-5-2-6-13-26/h3-4,7-11,14H,2,5-6,12-13,15H2,1H3,(H,24,27). The van der Waals surface area contributed by atoms with E-state index in [0.29, 0.717) is 41.8 Å². The van der Waals surface area contributed by atoms with Crippen molar-refractivity contribution in [1.82, 2.24) is 14.4 Å². The van der Waals surface area contributed by atoms with E-state index in [1.54, 1.807) is 49.4 Å². The molecule has 0 bridgehead atoms. The monoisotopic (exact) mass is 456 g/mol. The number of amides is 1. The Bertz CT molecular complexity index is 1200. The molecular formula is C22H24N4O5S. The summed E-state index contributed by atoms with van der Waals surface area (Å²) in [6.45, 7) is 2.76. The molecule has 0 radical (unpaired) electrons. The van der Waals surface area contributed by atoms with Gasteiger partial charge in [0.05, 0.1) is 10.5 Å². The Labute approximate surface area is 186 Å². The van der Waals surface area contributed by atoms with E-state index < -0.39 is 15.9 Å². The van der Waals surface area contributed by atoms with E-state index in [1.165, 1.54) is 10.4 Å². The lowest BCUT2D eigenvalue weighted by atomic mass is 10.2. The van der Waals surface area contributed by atoms with Crippen molar-refractivity contribution < 1.29 is 22.5 Å². The van der Waals surface area contributed by atoms with E-state index in [1.807, 2.05) is 0 Å². The number of anilines is 1. The molecule has 0 aliphatic carbocycles. The van der Waals surface area contributed by atoms with Crippen molar-refractivity contribution in [3.63, 3.8) is 0 Å². The van der Waals surface area contributed by atoms with Crippen LogP contribution in [0.3, 0.4) is 0 Å². The second-order valence-corrected chi connectivity index (χ2v) is 9.40. The van der Waals surface area contributed by atoms with Gasteiger partial charge in [-0.15, -0.1) is 0 Å². The Morgan fingerprint density at radius 2 is 1.91 bits per heavy atom. The Balaban J connectivity index is 1.49. The zero-order valence-corrected chi connectivity index (χ0v) is 18.5. The fraction of sp³-hybridized carbons (Fsp3) is 0.318. The minimum atomic E-state index is -3.60. The highest BCUT2D eigenvalue weighted by molar-refractivity contribution is 7.89. The summed E-state index contributed by atoms with van der Waals surface area (Å²) in [5.41, 5.74) is 0.689. The Hall–Kier alpha value is -3.24. The third-order valence-electron chi connectivity index (χ3n) is 5.10. The molecule has 1 aliphatic rings. The first-order valence-corrected chi connectivity index (χ1v) is 11.8. The molecule has 1 fully saturated rings. The highest BCUT2D eigenvalue weighted by Gasteiger charge is 2.26. The fourth-order valence-corrected chi connectivity index (χ4v) is 5.07. The van der Waals surface area contributed by atoms with E-state index in [0.717, 1.165) is 19.3 Å². The number of benzene rings is 2. The van der Waals surface area contributed by atoms with Gasteiger partial charge in [-0.2, -0.15) is 9.29 Å². The van der Waals surface area contributed by atoms with Gasteiger partial charge in [-0.1, -0.05) is 29.8 Å². The fourth-order valence-electron chi connectivity index (χ4n) is 3.51. The van der Waals surface area contributed by atoms with Crippen LogP contribution < -0.4 is 10.1 Å². The molecule has 3 aromatic rings. The predicted octanol–water partition coefficient (Wildman–Crippen LogP) is 3.38. The minimum absolute atomic E-state index is 0.0468. The van der Waals surface area contributed by atoms with Crippen LogP contribution in [-0.2, 0) is 16.6 Å². The van der Waals surface area contributed by atoms with Gasteiger partial charge < -0.3 is 14.6 Å². The summed E-state index contributed by atoms with van der Waals surface area (Å²) in [6.07, 6.45) is 2.75. The minimum Gasteiger partial charge on any atom is -0.485 e. The molecule has 10 heteroatoms. The second kappa shape index (κ2) is 9.49. The molecule has 1 aromatic heterocycles. The highest BCUT2D eigenvalue weighted by atomic mass is 32.2. The Kier molecular flexibility index (Phi) is 6.52. The molecule has 0 atom stereocenters. The number of nitrogens with one attached hydrogen (secondary N) is 1. The van der Waals surface area contributed by atoms with Crippen molar-refractivity contribution >= 4 is 21.6 Å². The van der Waals surface area contributed by atoms with Crippen molar-refractivity contribution in [3.8, 4) is 5.75 Å². The molecule has 0 unspecified atom stereocenters. The highest BCUT2D eigenvalue weighted by Crippen LogP contribution is 2.25. The molecule has 32 heavy (non-hydrogen) atoms. The molecule has 1 saturated heterocycles. The van der Waals surface area contributed by atoms with Crippen LogP contribution in [0.15, 0.2) is 57.9 Å². The molecule has 0 saturated carbocycles. The van der Waals surface area contributed by atoms with E-state index in [-0.39, 0.29) is 11.5 Å². The van der Waals surface area contributed by atoms with Crippen molar-refractivity contribution in [2.45, 2.75) is 37.7 Å². The number of hydrogen-bond acceptors (Lipinski definition) is 7. The molecule has 2 heterocycles. The molecule has 1 aliphatic heterocycles. The summed E-state index contributed by atoms with van der Waals surface area (Å²) >= 11 is 0. The van der Waals surface area contributed by atoms with Crippen molar-refractivity contribution in [2.75, 3.05) is 18.4 Å². The predicted molar refractivity (Wildman–Crippen MR) is 117 cm³/mol. The summed E-state index contributed by atoms with van der Waals surface area (Å²) in [6, 6.07) is 13.1. The number of piperidine rings is 1. The van der Waals surface area contributed by atoms with Gasteiger partial charge in [-0.3, -0.25) is 4.79 Å². The number of sulfonamides is 1. The lowest BCUT2D eigenvalue weighted by Crippen LogP contribution is -2.35. The third-order valence-corrected chi connectivity index (χ3v) is 7.00. The maximum Gasteiger partial charge on any atom is 0.259 e. The lowest BCUT2D eigenvalue weighted by Gasteiger charge is -2.26. The number of carbonyl (C=O) groups excluding carboxylic acids is 1. The van der Waals surface area contributed by atoms with Crippen LogP contribution in [0.2, 0.25) is 0 Å². The van der Waals surface area contributed by atoms with Crippen LogP contribution in [0.4, 0.5) is 5.69 Å². The molecule has 1 N–H and O–H groups in total. The van der Waals surface area contributed by atoms with E-state index in [4.69, 9.17) is 9.26 Å². The maximum atomic E-state index is 12.9. The van der Waals surface area contributed by atoms with Crippen LogP contribution in [0.1, 0.15) is 41.3 Å². The van der Waals surface area contributed by atoms with Gasteiger partial charge in [0.1, 0.15) is 5.75 Å². The zero-order chi connectivity index (χ0) is 22.6. The van der Waals surface area contributed by atoms with Gasteiger partial charge in [-0.25, -0.2) is 8.42 Å². The number of rotatable bonds is 7. The van der Waals surface area contributed by atoms with Crippen LogP contribution in [0.5, 0.6) is 5.75 Å². The topological polar surface area (TPSA) is 115 Å². The molecule has 4 rings (SSSR count). The summed E-state index contributed by atoms with van der Waals surface area (Å²) in [7, 11) is -3.60. The Morgan fingerprint density at radius 3 is 2.66 bits per heavy atom. The third kappa shape index (κ3) is 4.97. The number of aryl methyl sites for hydroxylation is 1. The van der Waals surface area contributed by atoms with Crippen LogP contribution >= 0.6 is 0 Å². The van der Waals surface area contributed by atoms with E-state index in [9.17, 15) is 13.2 Å². The average Bonchev–Trinajstić information content (AvgIpc) is 3.23. The van der Waals surface area contributed by atoms with E-state index in [2.05, 4.69) is 15.5 Å². The first kappa shape index (κ1) is 22.0. The normalized spacial score (nSPS) is 14.8. The molecular weight excluding hydrogens is 432 g/mol. The smallest absolute Gasteiger partial charge is 0.259 e. The molecule has 9 nitrogen and oxygen atoms in total. The zero-order valence-electron chi connectivity index (χ0n) is 17.7. The largest absolute Gasteiger partial charge is 0.485 e. The van der Waals surface area contributed by atoms with Crippen LogP contribution in [-0.4, -0.2) is 41.9 Å². The number of hydrogen-bond donors (Lipinski definition) is 1. The van der Waals surface area contributed by atoms with Gasteiger partial charge in [0, 0.05) is 25.7 Å².